The van der Waals surface area contributed by atoms with Crippen LogP contribution < -0.4 is 44.9 Å². The van der Waals surface area contributed by atoms with Crippen LogP contribution in [0.15, 0.2) is 0 Å². The molecule has 0 saturated carbocycles. The third kappa shape index (κ3) is 18.9. The van der Waals surface area contributed by atoms with Gasteiger partial charge in [-0.05, 0) is 0 Å². The zero-order valence-corrected chi connectivity index (χ0v) is 26.6. The van der Waals surface area contributed by atoms with Crippen molar-refractivity contribution in [3.05, 3.63) is 0 Å². The number of aliphatic carboxylic acids is 3. The molecular weight excluding hydrogens is 782 g/mol. The van der Waals surface area contributed by atoms with Crippen LogP contribution in [0.5, 0.6) is 0 Å². The molecule has 0 unspecified atom stereocenters. The van der Waals surface area contributed by atoms with Crippen molar-refractivity contribution in [3.8, 4) is 0 Å². The van der Waals surface area contributed by atoms with Gasteiger partial charge in [-0.15, -0.1) is 0 Å². The van der Waals surface area contributed by atoms with Crippen molar-refractivity contribution in [1.29, 1.82) is 0 Å². The van der Waals surface area contributed by atoms with E-state index in [9.17, 15) is 44.1 Å². The zero-order valence-electron chi connectivity index (χ0n) is 20.7. The molecule has 0 amide bonds. The van der Waals surface area contributed by atoms with Gasteiger partial charge in [-0.3, -0.25) is 0 Å². The van der Waals surface area contributed by atoms with Crippen LogP contribution >= 0.6 is 0 Å². The summed E-state index contributed by atoms with van der Waals surface area (Å²) in [5, 5.41) is 134. The Morgan fingerprint density at radius 1 is 0.415 bits per heavy atom. The standard InChI is InChI=1S/3C6H10O7.Na.Pb/c3*7-1-2(8)3(9)4(10)5(11)6(12)13;;/h3*1-5,8-11H,(H,12,13);;/q;;;+1;+2/p-3/t3*2-,3+,4-,5-;;/m000../s1. The Morgan fingerprint density at radius 3 is 0.659 bits per heavy atom. The van der Waals surface area contributed by atoms with E-state index in [4.69, 9.17) is 61.3 Å². The Kier molecular flexibility index (Phi) is 30.6. The first-order valence-electron chi connectivity index (χ1n) is 9.90. The monoisotopic (exact) mass is 810 g/mol. The molecule has 230 valence electrons. The van der Waals surface area contributed by atoms with Gasteiger partial charge < -0.3 is 105 Å². The van der Waals surface area contributed by atoms with Gasteiger partial charge in [0.15, 0.2) is 18.9 Å². The minimum Gasteiger partial charge on any atom is -0.547 e. The van der Waals surface area contributed by atoms with Crippen LogP contribution in [-0.2, 0) is 28.8 Å². The fourth-order valence-corrected chi connectivity index (χ4v) is 1.83. The molecule has 0 saturated heterocycles. The molecule has 0 aliphatic rings. The maximum Gasteiger partial charge on any atom is 2.00 e. The van der Waals surface area contributed by atoms with Crippen molar-refractivity contribution in [3.63, 3.8) is 0 Å². The number of aliphatic hydroxyl groups excluding tert-OH is 12. The van der Waals surface area contributed by atoms with Crippen LogP contribution in [0.1, 0.15) is 0 Å². The predicted molar refractivity (Wildman–Crippen MR) is 111 cm³/mol. The number of carboxylic acids is 3. The van der Waals surface area contributed by atoms with E-state index in [1.807, 2.05) is 0 Å². The molecule has 0 aromatic carbocycles. The Hall–Kier alpha value is -1.14. The average Bonchev–Trinajstić information content (AvgIpc) is 2.92. The van der Waals surface area contributed by atoms with Gasteiger partial charge in [-0.25, -0.2) is 0 Å². The van der Waals surface area contributed by atoms with E-state index >= 15 is 0 Å². The molecule has 0 rings (SSSR count). The summed E-state index contributed by atoms with van der Waals surface area (Å²) in [6.07, 6.45) is -26.0. The summed E-state index contributed by atoms with van der Waals surface area (Å²) in [7, 11) is 0. The maximum atomic E-state index is 9.95. The Balaban J connectivity index is -0.000000154. The number of hydrogen-bond donors (Lipinski definition) is 12. The summed E-state index contributed by atoms with van der Waals surface area (Å²) in [5.41, 5.74) is 0. The maximum absolute atomic E-state index is 9.95. The number of rotatable bonds is 15. The quantitative estimate of drug-likeness (QED) is 0.0540. The molecule has 21 nitrogen and oxygen atoms in total. The SMILES string of the molecule is O=C[C@H](O)[C@@H](O)[C@H](O)[C@H](O)C(=O)[O-].O=C[C@H](O)[C@@H](O)[C@H](O)[C@H](O)C(=O)[O-].O=C[C@H](O)[C@@H](O)[C@H](O)[C@H](O)C(=O)[O-].[Na+].[Pb+2]. The van der Waals surface area contributed by atoms with Crippen molar-refractivity contribution in [2.75, 3.05) is 0 Å². The van der Waals surface area contributed by atoms with Crippen molar-refractivity contribution >= 4 is 64.1 Å². The molecule has 0 aromatic heterocycles. The van der Waals surface area contributed by atoms with Gasteiger partial charge in [0.05, 0.1) is 17.9 Å². The van der Waals surface area contributed by atoms with Crippen molar-refractivity contribution < 1.29 is 135 Å². The van der Waals surface area contributed by atoms with Crippen LogP contribution in [0.2, 0.25) is 0 Å². The largest absolute Gasteiger partial charge is 2.00 e. The first-order chi connectivity index (χ1) is 17.7. The minimum atomic E-state index is -2.36. The third-order valence-corrected chi connectivity index (χ3v) is 4.21. The van der Waals surface area contributed by atoms with Gasteiger partial charge >= 0.3 is 56.9 Å². The molecule has 0 aromatic rings. The van der Waals surface area contributed by atoms with E-state index in [0.717, 1.165) is 0 Å². The number of aliphatic hydroxyl groups is 12. The number of carboxylic acid groups (broad SMARTS) is 3. The van der Waals surface area contributed by atoms with Gasteiger partial charge in [-0.2, -0.15) is 0 Å². The molecule has 12 atom stereocenters. The molecule has 2 radical (unpaired) electrons. The summed E-state index contributed by atoms with van der Waals surface area (Å²) in [4.78, 5) is 59.5. The van der Waals surface area contributed by atoms with Crippen molar-refractivity contribution in [2.24, 2.45) is 0 Å². The molecule has 41 heavy (non-hydrogen) atoms. The van der Waals surface area contributed by atoms with Gasteiger partial charge in [0.2, 0.25) is 0 Å². The van der Waals surface area contributed by atoms with Gasteiger partial charge in [0.25, 0.3) is 0 Å². The molecule has 0 aliphatic carbocycles. The van der Waals surface area contributed by atoms with Crippen molar-refractivity contribution in [1.82, 2.24) is 0 Å². The van der Waals surface area contributed by atoms with Crippen LogP contribution in [0.3, 0.4) is 0 Å². The topological polar surface area (TPSA) is 414 Å². The van der Waals surface area contributed by atoms with Crippen molar-refractivity contribution in [2.45, 2.75) is 73.2 Å². The number of carbonyl (C=O) groups is 6. The molecule has 0 heterocycles. The van der Waals surface area contributed by atoms with E-state index < -0.39 is 91.2 Å². The summed E-state index contributed by atoms with van der Waals surface area (Å²) < 4.78 is 0. The zero-order chi connectivity index (χ0) is 31.8. The molecule has 0 fully saturated rings. The molecule has 23 heteroatoms. The minimum absolute atomic E-state index is 0. The molecule has 0 spiro atoms. The molecule has 12 N–H and O–H groups in total. The number of hydrogen-bond acceptors (Lipinski definition) is 21. The fourth-order valence-electron chi connectivity index (χ4n) is 1.83. The van der Waals surface area contributed by atoms with E-state index in [0.29, 0.717) is 0 Å². The van der Waals surface area contributed by atoms with E-state index in [-0.39, 0.29) is 75.7 Å². The van der Waals surface area contributed by atoms with Crippen LogP contribution in [0, 0.1) is 0 Å². The predicted octanol–water partition coefficient (Wildman–Crippen LogP) is -17.2. The van der Waals surface area contributed by atoms with Gasteiger partial charge in [0.1, 0.15) is 73.2 Å². The first kappa shape index (κ1) is 49.5. The summed E-state index contributed by atoms with van der Waals surface area (Å²) in [6, 6.07) is 0. The Labute approximate surface area is 271 Å². The summed E-state index contributed by atoms with van der Waals surface area (Å²) >= 11 is 0. The van der Waals surface area contributed by atoms with Crippen LogP contribution in [0.25, 0.3) is 0 Å². The molecular formula is C18H27NaO21Pb. The Morgan fingerprint density at radius 2 is 0.561 bits per heavy atom. The van der Waals surface area contributed by atoms with Crippen LogP contribution in [-0.4, -0.2) is 199 Å². The number of aldehydes is 3. The first-order valence-corrected chi connectivity index (χ1v) is 9.90. The second-order valence-corrected chi connectivity index (χ2v) is 7.12. The van der Waals surface area contributed by atoms with Gasteiger partial charge in [0, 0.05) is 0 Å². The Bertz CT molecular complexity index is 688. The van der Waals surface area contributed by atoms with E-state index in [1.54, 1.807) is 0 Å². The molecule has 0 aliphatic heterocycles. The second-order valence-electron chi connectivity index (χ2n) is 7.12. The van der Waals surface area contributed by atoms with Gasteiger partial charge in [-0.1, -0.05) is 0 Å². The molecule has 0 bridgehead atoms. The fraction of sp³-hybridized carbons (Fsp3) is 0.667. The van der Waals surface area contributed by atoms with Crippen LogP contribution in [0.4, 0.5) is 0 Å². The normalized spacial score (nSPS) is 19.0. The average molecular weight is 810 g/mol. The third-order valence-electron chi connectivity index (χ3n) is 4.21. The second kappa shape index (κ2) is 25.4. The summed E-state index contributed by atoms with van der Waals surface area (Å²) in [6.45, 7) is 0. The smallest absolute Gasteiger partial charge is 0.547 e. The van der Waals surface area contributed by atoms with E-state index in [1.165, 1.54) is 0 Å². The van der Waals surface area contributed by atoms with E-state index in [2.05, 4.69) is 0 Å². The number of carbonyl (C=O) groups excluding carboxylic acids is 6. The summed E-state index contributed by atoms with van der Waals surface area (Å²) in [5.74, 6) is -6.03.